The highest BCUT2D eigenvalue weighted by Gasteiger charge is 2.39. The zero-order valence-electron chi connectivity index (χ0n) is 17.2. The molecule has 0 saturated carbocycles. The Hall–Kier alpha value is -0.460. The maximum atomic E-state index is 9.93. The third-order valence-corrected chi connectivity index (χ3v) is 5.16. The molecule has 0 aromatic heterocycles. The van der Waals surface area contributed by atoms with Crippen LogP contribution in [0.15, 0.2) is 12.2 Å². The summed E-state index contributed by atoms with van der Waals surface area (Å²) in [5, 5.41) is 29.0. The van der Waals surface area contributed by atoms with Gasteiger partial charge in [-0.3, -0.25) is 0 Å². The van der Waals surface area contributed by atoms with E-state index in [0.717, 1.165) is 12.8 Å². The average Bonchev–Trinajstić information content (AvgIpc) is 3.00. The minimum absolute atomic E-state index is 0.0680. The normalized spacial score (nSPS) is 24.1. The smallest absolute Gasteiger partial charge is 0.114 e. The Bertz CT molecular complexity index is 361. The summed E-state index contributed by atoms with van der Waals surface area (Å²) in [6.45, 7) is 3.06. The van der Waals surface area contributed by atoms with Crippen LogP contribution in [0.5, 0.6) is 0 Å². The van der Waals surface area contributed by atoms with Gasteiger partial charge in [0.2, 0.25) is 0 Å². The molecule has 0 amide bonds. The van der Waals surface area contributed by atoms with E-state index in [0.29, 0.717) is 6.61 Å². The van der Waals surface area contributed by atoms with Crippen molar-refractivity contribution in [3.05, 3.63) is 12.2 Å². The number of aliphatic hydroxyl groups is 3. The molecular weight excluding hydrogens is 344 g/mol. The molecular formula is C22H42O5. The highest BCUT2D eigenvalue weighted by Crippen LogP contribution is 2.18. The van der Waals surface area contributed by atoms with E-state index in [9.17, 15) is 15.3 Å². The summed E-state index contributed by atoms with van der Waals surface area (Å²) in [5.74, 6) is 0. The lowest BCUT2D eigenvalue weighted by atomic mass is 10.1. The van der Waals surface area contributed by atoms with Gasteiger partial charge in [-0.15, -0.1) is 0 Å². The standard InChI is InChI=1S/C22H42O5/c1-2-3-4-5-6-7-8-9-10-11-12-13-14-15-16-26-17-20(24)22-21(25)19(23)18-27-22/h5-6,19-25H,2-4,7-18H2,1H3/b6-5+/t19-,20+,21+,22+/m1/s1. The van der Waals surface area contributed by atoms with Gasteiger partial charge in [-0.05, 0) is 25.7 Å². The Labute approximate surface area is 165 Å². The first kappa shape index (κ1) is 24.6. The topological polar surface area (TPSA) is 79.2 Å². The second-order valence-electron chi connectivity index (χ2n) is 7.73. The van der Waals surface area contributed by atoms with Crippen molar-refractivity contribution in [2.24, 2.45) is 0 Å². The number of allylic oxidation sites excluding steroid dienone is 2. The Morgan fingerprint density at radius 3 is 2.11 bits per heavy atom. The molecule has 1 rings (SSSR count). The first-order chi connectivity index (χ1) is 13.2. The number of rotatable bonds is 17. The van der Waals surface area contributed by atoms with Crippen LogP contribution in [-0.2, 0) is 9.47 Å². The minimum Gasteiger partial charge on any atom is -0.388 e. The number of aliphatic hydroxyl groups excluding tert-OH is 3. The lowest BCUT2D eigenvalue weighted by Gasteiger charge is -2.20. The van der Waals surface area contributed by atoms with E-state index in [4.69, 9.17) is 9.47 Å². The van der Waals surface area contributed by atoms with Gasteiger partial charge in [0.25, 0.3) is 0 Å². The van der Waals surface area contributed by atoms with E-state index in [-0.39, 0.29) is 13.2 Å². The number of hydrogen-bond acceptors (Lipinski definition) is 5. The predicted molar refractivity (Wildman–Crippen MR) is 109 cm³/mol. The van der Waals surface area contributed by atoms with Crippen LogP contribution >= 0.6 is 0 Å². The van der Waals surface area contributed by atoms with Crippen LogP contribution < -0.4 is 0 Å². The SMILES string of the molecule is CCCC/C=C/CCCCCCCCCCOC[C@H](O)[C@@H]1OC[C@@H](O)[C@@H]1O. The molecule has 0 aromatic rings. The van der Waals surface area contributed by atoms with Crippen molar-refractivity contribution < 1.29 is 24.8 Å². The molecule has 0 bridgehead atoms. The lowest BCUT2D eigenvalue weighted by Crippen LogP contribution is -2.40. The Kier molecular flexibility index (Phi) is 15.0. The first-order valence-corrected chi connectivity index (χ1v) is 11.0. The predicted octanol–water partition coefficient (Wildman–Crippen LogP) is 3.74. The Morgan fingerprint density at radius 2 is 1.52 bits per heavy atom. The van der Waals surface area contributed by atoms with Crippen LogP contribution in [0.4, 0.5) is 0 Å². The van der Waals surface area contributed by atoms with Gasteiger partial charge < -0.3 is 24.8 Å². The molecule has 0 unspecified atom stereocenters. The third-order valence-electron chi connectivity index (χ3n) is 5.16. The zero-order chi connectivity index (χ0) is 19.7. The van der Waals surface area contributed by atoms with Crippen LogP contribution in [0.3, 0.4) is 0 Å². The molecule has 3 N–H and O–H groups in total. The largest absolute Gasteiger partial charge is 0.388 e. The second-order valence-corrected chi connectivity index (χ2v) is 7.73. The summed E-state index contributed by atoms with van der Waals surface area (Å²) < 4.78 is 10.7. The third kappa shape index (κ3) is 11.9. The van der Waals surface area contributed by atoms with E-state index in [1.54, 1.807) is 0 Å². The molecule has 1 fully saturated rings. The van der Waals surface area contributed by atoms with E-state index in [2.05, 4.69) is 19.1 Å². The van der Waals surface area contributed by atoms with Crippen molar-refractivity contribution in [2.45, 2.75) is 108 Å². The number of unbranched alkanes of at least 4 members (excludes halogenated alkanes) is 10. The van der Waals surface area contributed by atoms with Gasteiger partial charge >= 0.3 is 0 Å². The highest BCUT2D eigenvalue weighted by molar-refractivity contribution is 4.87. The van der Waals surface area contributed by atoms with Gasteiger partial charge in [0, 0.05) is 6.61 Å². The van der Waals surface area contributed by atoms with E-state index < -0.39 is 24.4 Å². The van der Waals surface area contributed by atoms with Crippen LogP contribution in [0.1, 0.15) is 84.0 Å². The number of hydrogen-bond donors (Lipinski definition) is 3. The van der Waals surface area contributed by atoms with Crippen molar-refractivity contribution in [1.29, 1.82) is 0 Å². The molecule has 27 heavy (non-hydrogen) atoms. The Morgan fingerprint density at radius 1 is 0.926 bits per heavy atom. The van der Waals surface area contributed by atoms with Gasteiger partial charge in [0.1, 0.15) is 24.4 Å². The lowest BCUT2D eigenvalue weighted by molar-refractivity contribution is -0.0813. The van der Waals surface area contributed by atoms with Gasteiger partial charge in [-0.25, -0.2) is 0 Å². The summed E-state index contributed by atoms with van der Waals surface area (Å²) >= 11 is 0. The van der Waals surface area contributed by atoms with Gasteiger partial charge in [0.15, 0.2) is 0 Å². The molecule has 4 atom stereocenters. The molecule has 1 saturated heterocycles. The summed E-state index contributed by atoms with van der Waals surface area (Å²) in [4.78, 5) is 0. The molecule has 1 aliphatic heterocycles. The molecule has 1 aliphatic rings. The van der Waals surface area contributed by atoms with Crippen molar-refractivity contribution in [2.75, 3.05) is 19.8 Å². The molecule has 0 aliphatic carbocycles. The fourth-order valence-electron chi connectivity index (χ4n) is 3.35. The average molecular weight is 387 g/mol. The van der Waals surface area contributed by atoms with Gasteiger partial charge in [0.05, 0.1) is 13.2 Å². The van der Waals surface area contributed by atoms with Crippen molar-refractivity contribution in [3.63, 3.8) is 0 Å². The zero-order valence-corrected chi connectivity index (χ0v) is 17.2. The summed E-state index contributed by atoms with van der Waals surface area (Å²) in [6.07, 6.45) is 16.1. The van der Waals surface area contributed by atoms with Gasteiger partial charge in [-0.2, -0.15) is 0 Å². The summed E-state index contributed by atoms with van der Waals surface area (Å²) in [7, 11) is 0. The van der Waals surface area contributed by atoms with Crippen LogP contribution in [0.2, 0.25) is 0 Å². The fourth-order valence-corrected chi connectivity index (χ4v) is 3.35. The quantitative estimate of drug-likeness (QED) is 0.262. The monoisotopic (exact) mass is 386 g/mol. The molecule has 160 valence electrons. The van der Waals surface area contributed by atoms with E-state index in [1.807, 2.05) is 0 Å². The fraction of sp³-hybridized carbons (Fsp3) is 0.909. The molecule has 5 nitrogen and oxygen atoms in total. The van der Waals surface area contributed by atoms with Crippen molar-refractivity contribution in [3.8, 4) is 0 Å². The van der Waals surface area contributed by atoms with Crippen LogP contribution in [0.25, 0.3) is 0 Å². The van der Waals surface area contributed by atoms with E-state index in [1.165, 1.54) is 64.2 Å². The van der Waals surface area contributed by atoms with Crippen molar-refractivity contribution in [1.82, 2.24) is 0 Å². The van der Waals surface area contributed by atoms with E-state index >= 15 is 0 Å². The van der Waals surface area contributed by atoms with Crippen LogP contribution in [0, 0.1) is 0 Å². The molecule has 0 spiro atoms. The molecule has 0 aromatic carbocycles. The highest BCUT2D eigenvalue weighted by atomic mass is 16.5. The van der Waals surface area contributed by atoms with Crippen LogP contribution in [-0.4, -0.2) is 59.6 Å². The Balaban J connectivity index is 1.80. The summed E-state index contributed by atoms with van der Waals surface area (Å²) in [5.41, 5.74) is 0. The number of ether oxygens (including phenoxy) is 2. The van der Waals surface area contributed by atoms with Gasteiger partial charge in [-0.1, -0.05) is 70.4 Å². The van der Waals surface area contributed by atoms with Crippen molar-refractivity contribution >= 4 is 0 Å². The maximum Gasteiger partial charge on any atom is 0.114 e. The molecule has 5 heteroatoms. The molecule has 0 radical (unpaired) electrons. The minimum atomic E-state index is -1.03. The maximum absolute atomic E-state index is 9.93. The first-order valence-electron chi connectivity index (χ1n) is 11.0. The summed E-state index contributed by atoms with van der Waals surface area (Å²) in [6, 6.07) is 0. The second kappa shape index (κ2) is 16.5. The molecule has 1 heterocycles.